The summed E-state index contributed by atoms with van der Waals surface area (Å²) in [5, 5.41) is 3.00. The van der Waals surface area contributed by atoms with Gasteiger partial charge in [0.2, 0.25) is 11.8 Å². The number of nitrogens with zero attached hydrogens (tertiary/aromatic N) is 2. The Labute approximate surface area is 162 Å². The molecule has 0 spiro atoms. The molecule has 28 heavy (non-hydrogen) atoms. The summed E-state index contributed by atoms with van der Waals surface area (Å²) in [6.07, 6.45) is 2.60. The number of nitrogens with one attached hydrogen (secondary N) is 1. The minimum absolute atomic E-state index is 0.0139. The molecule has 3 aliphatic heterocycles. The molecule has 4 rings (SSSR count). The highest BCUT2D eigenvalue weighted by Gasteiger charge is 2.37. The molecule has 3 heterocycles. The van der Waals surface area contributed by atoms with Gasteiger partial charge in [0.05, 0.1) is 11.1 Å². The van der Waals surface area contributed by atoms with E-state index >= 15 is 0 Å². The second kappa shape index (κ2) is 7.71. The maximum Gasteiger partial charge on any atom is 0.262 e. The zero-order chi connectivity index (χ0) is 19.7. The topological polar surface area (TPSA) is 96.0 Å². The Kier molecular flexibility index (Phi) is 5.13. The molecule has 148 valence electrons. The van der Waals surface area contributed by atoms with Gasteiger partial charge in [-0.1, -0.05) is 12.1 Å². The van der Waals surface area contributed by atoms with Crippen LogP contribution in [-0.4, -0.2) is 71.8 Å². The summed E-state index contributed by atoms with van der Waals surface area (Å²) in [7, 11) is 0. The highest BCUT2D eigenvalue weighted by atomic mass is 16.5. The minimum Gasteiger partial charge on any atom is -0.368 e. The first-order chi connectivity index (χ1) is 13.5. The first-order valence-corrected chi connectivity index (χ1v) is 9.69. The Morgan fingerprint density at radius 2 is 1.68 bits per heavy atom. The Balaban J connectivity index is 1.28. The molecule has 1 atom stereocenters. The van der Waals surface area contributed by atoms with Crippen LogP contribution in [0.4, 0.5) is 0 Å². The molecule has 1 N–H and O–H groups in total. The highest BCUT2D eigenvalue weighted by Crippen LogP contribution is 2.23. The number of amides is 4. The lowest BCUT2D eigenvalue weighted by molar-refractivity contribution is -0.133. The summed E-state index contributed by atoms with van der Waals surface area (Å²) in [6, 6.07) is 6.61. The van der Waals surface area contributed by atoms with Crippen molar-refractivity contribution in [2.45, 2.75) is 37.8 Å². The molecular weight excluding hydrogens is 362 g/mol. The molecule has 0 aromatic heterocycles. The van der Waals surface area contributed by atoms with Gasteiger partial charge >= 0.3 is 0 Å². The third-order valence-corrected chi connectivity index (χ3v) is 5.59. The van der Waals surface area contributed by atoms with Gasteiger partial charge in [0, 0.05) is 25.7 Å². The standard InChI is InChI=1S/C20H23N3O5/c24-17(12-23-19(26)14-4-1-2-5-15(14)20(23)27)22-9-7-13(8-10-22)21-18(25)16-6-3-11-28-16/h1-2,4-5,13,16H,3,6-12H2,(H,21,25). The molecular formula is C20H23N3O5. The van der Waals surface area contributed by atoms with Crippen LogP contribution in [0.25, 0.3) is 0 Å². The summed E-state index contributed by atoms with van der Waals surface area (Å²) in [6.45, 7) is 1.35. The number of carbonyl (C=O) groups excluding carboxylic acids is 4. The van der Waals surface area contributed by atoms with Crippen molar-refractivity contribution in [1.29, 1.82) is 0 Å². The van der Waals surface area contributed by atoms with Crippen LogP contribution in [0.3, 0.4) is 0 Å². The number of benzene rings is 1. The van der Waals surface area contributed by atoms with Gasteiger partial charge in [-0.25, -0.2) is 0 Å². The molecule has 1 aromatic carbocycles. The molecule has 4 amide bonds. The molecule has 0 radical (unpaired) electrons. The Morgan fingerprint density at radius 1 is 1.04 bits per heavy atom. The fraction of sp³-hybridized carbons (Fsp3) is 0.500. The van der Waals surface area contributed by atoms with Crippen LogP contribution in [0.5, 0.6) is 0 Å². The van der Waals surface area contributed by atoms with Crippen molar-refractivity contribution < 1.29 is 23.9 Å². The van der Waals surface area contributed by atoms with Crippen molar-refractivity contribution >= 4 is 23.6 Å². The number of imide groups is 1. The van der Waals surface area contributed by atoms with E-state index in [1.807, 2.05) is 0 Å². The number of piperidine rings is 1. The average Bonchev–Trinajstić information content (AvgIpc) is 3.33. The van der Waals surface area contributed by atoms with E-state index in [1.165, 1.54) is 0 Å². The minimum atomic E-state index is -0.423. The van der Waals surface area contributed by atoms with E-state index in [0.29, 0.717) is 43.7 Å². The lowest BCUT2D eigenvalue weighted by Crippen LogP contribution is -2.51. The van der Waals surface area contributed by atoms with Crippen molar-refractivity contribution in [3.63, 3.8) is 0 Å². The number of likely N-dealkylation sites (tertiary alicyclic amines) is 1. The van der Waals surface area contributed by atoms with E-state index in [0.717, 1.165) is 17.7 Å². The van der Waals surface area contributed by atoms with Crippen LogP contribution in [0.1, 0.15) is 46.4 Å². The van der Waals surface area contributed by atoms with Crippen LogP contribution >= 0.6 is 0 Å². The van der Waals surface area contributed by atoms with E-state index in [1.54, 1.807) is 29.2 Å². The SMILES string of the molecule is O=C(NC1CCN(C(=O)CN2C(=O)c3ccccc3C2=O)CC1)C1CCCO1. The molecule has 2 saturated heterocycles. The molecule has 2 fully saturated rings. The van der Waals surface area contributed by atoms with Crippen molar-refractivity contribution in [2.75, 3.05) is 26.2 Å². The molecule has 3 aliphatic rings. The second-order valence-corrected chi connectivity index (χ2v) is 7.41. The van der Waals surface area contributed by atoms with Crippen molar-refractivity contribution in [3.05, 3.63) is 35.4 Å². The molecule has 8 heteroatoms. The van der Waals surface area contributed by atoms with E-state index in [-0.39, 0.29) is 30.5 Å². The van der Waals surface area contributed by atoms with Gasteiger partial charge in [0.15, 0.2) is 0 Å². The normalized spacial score (nSPS) is 22.5. The third-order valence-electron chi connectivity index (χ3n) is 5.59. The quantitative estimate of drug-likeness (QED) is 0.765. The van der Waals surface area contributed by atoms with Crippen molar-refractivity contribution in [2.24, 2.45) is 0 Å². The van der Waals surface area contributed by atoms with Gasteiger partial charge < -0.3 is 15.0 Å². The second-order valence-electron chi connectivity index (χ2n) is 7.41. The van der Waals surface area contributed by atoms with Crippen LogP contribution in [0, 0.1) is 0 Å². The highest BCUT2D eigenvalue weighted by molar-refractivity contribution is 6.22. The van der Waals surface area contributed by atoms with E-state index in [2.05, 4.69) is 5.32 Å². The number of ether oxygens (including phenoxy) is 1. The zero-order valence-corrected chi connectivity index (χ0v) is 15.6. The van der Waals surface area contributed by atoms with E-state index in [9.17, 15) is 19.2 Å². The number of hydrogen-bond acceptors (Lipinski definition) is 5. The first-order valence-electron chi connectivity index (χ1n) is 9.69. The first kappa shape index (κ1) is 18.6. The van der Waals surface area contributed by atoms with Gasteiger partial charge in [-0.2, -0.15) is 0 Å². The maximum absolute atomic E-state index is 12.6. The lowest BCUT2D eigenvalue weighted by atomic mass is 10.0. The van der Waals surface area contributed by atoms with Crippen LogP contribution in [-0.2, 0) is 14.3 Å². The summed E-state index contributed by atoms with van der Waals surface area (Å²) in [5.41, 5.74) is 0.687. The molecule has 0 aliphatic carbocycles. The van der Waals surface area contributed by atoms with Crippen LogP contribution in [0.2, 0.25) is 0 Å². The molecule has 8 nitrogen and oxygen atoms in total. The summed E-state index contributed by atoms with van der Waals surface area (Å²) < 4.78 is 5.39. The summed E-state index contributed by atoms with van der Waals surface area (Å²) in [4.78, 5) is 52.2. The Hall–Kier alpha value is -2.74. The number of hydrogen-bond donors (Lipinski definition) is 1. The van der Waals surface area contributed by atoms with Gasteiger partial charge in [0.25, 0.3) is 11.8 Å². The average molecular weight is 385 g/mol. The van der Waals surface area contributed by atoms with Gasteiger partial charge in [-0.3, -0.25) is 24.1 Å². The number of rotatable bonds is 4. The van der Waals surface area contributed by atoms with Crippen LogP contribution < -0.4 is 5.32 Å². The van der Waals surface area contributed by atoms with Crippen molar-refractivity contribution in [3.8, 4) is 0 Å². The maximum atomic E-state index is 12.6. The largest absolute Gasteiger partial charge is 0.368 e. The van der Waals surface area contributed by atoms with Crippen LogP contribution in [0.15, 0.2) is 24.3 Å². The Bertz CT molecular complexity index is 775. The van der Waals surface area contributed by atoms with Gasteiger partial charge in [-0.15, -0.1) is 0 Å². The van der Waals surface area contributed by atoms with Crippen molar-refractivity contribution in [1.82, 2.24) is 15.1 Å². The van der Waals surface area contributed by atoms with E-state index < -0.39 is 11.8 Å². The predicted molar refractivity (Wildman–Crippen MR) is 98.5 cm³/mol. The summed E-state index contributed by atoms with van der Waals surface area (Å²) in [5.74, 6) is -1.17. The monoisotopic (exact) mass is 385 g/mol. The molecule has 0 bridgehead atoms. The van der Waals surface area contributed by atoms with Gasteiger partial charge in [0.1, 0.15) is 12.6 Å². The molecule has 1 aromatic rings. The smallest absolute Gasteiger partial charge is 0.262 e. The fourth-order valence-corrected chi connectivity index (χ4v) is 3.97. The molecule has 1 unspecified atom stereocenters. The predicted octanol–water partition coefficient (Wildman–Crippen LogP) is 0.569. The Morgan fingerprint density at radius 3 is 2.25 bits per heavy atom. The van der Waals surface area contributed by atoms with Gasteiger partial charge in [-0.05, 0) is 37.8 Å². The molecule has 0 saturated carbocycles. The number of carbonyl (C=O) groups is 4. The third kappa shape index (κ3) is 3.52. The lowest BCUT2D eigenvalue weighted by Gasteiger charge is -2.33. The fourth-order valence-electron chi connectivity index (χ4n) is 3.97. The zero-order valence-electron chi connectivity index (χ0n) is 15.6. The summed E-state index contributed by atoms with van der Waals surface area (Å²) >= 11 is 0. The number of fused-ring (bicyclic) bond motifs is 1. The van der Waals surface area contributed by atoms with E-state index in [4.69, 9.17) is 4.74 Å².